The molecule has 3 rings (SSSR count). The Balaban J connectivity index is 1.73. The number of nitrogens with one attached hydrogen (secondary N) is 1. The second-order valence-electron chi connectivity index (χ2n) is 6.18. The Labute approximate surface area is 122 Å². The molecule has 2 unspecified atom stereocenters. The maximum atomic E-state index is 5.75. The molecule has 3 heterocycles. The monoisotopic (exact) mass is 277 g/mol. The van der Waals surface area contributed by atoms with Crippen LogP contribution in [0, 0.1) is 0 Å². The second-order valence-corrected chi connectivity index (χ2v) is 6.18. The summed E-state index contributed by atoms with van der Waals surface area (Å²) in [7, 11) is 0. The zero-order valence-electron chi connectivity index (χ0n) is 12.6. The lowest BCUT2D eigenvalue weighted by atomic mass is 10.1. The number of hydrogen-bond donors (Lipinski definition) is 1. The number of piperidine rings is 1. The molecule has 4 heteroatoms. The first-order valence-electron chi connectivity index (χ1n) is 8.07. The molecule has 0 bridgehead atoms. The predicted molar refractivity (Wildman–Crippen MR) is 80.8 cm³/mol. The van der Waals surface area contributed by atoms with Gasteiger partial charge in [-0.25, -0.2) is 0 Å². The van der Waals surface area contributed by atoms with Crippen LogP contribution in [0.3, 0.4) is 0 Å². The standard InChI is InChI=1S/C16H27N3O/c1-14-12-17-7-10-19(14)15(16-6-5-11-20-16)13-18-8-3-2-4-9-18/h5-6,11,14-15,17H,2-4,7-10,12-13H2,1H3. The first-order valence-corrected chi connectivity index (χ1v) is 8.07. The molecule has 2 aliphatic rings. The SMILES string of the molecule is CC1CNCCN1C(CN1CCCCC1)c1ccco1. The Morgan fingerprint density at radius 2 is 2.15 bits per heavy atom. The maximum absolute atomic E-state index is 5.75. The molecule has 0 spiro atoms. The Morgan fingerprint density at radius 3 is 2.85 bits per heavy atom. The highest BCUT2D eigenvalue weighted by molar-refractivity contribution is 5.07. The van der Waals surface area contributed by atoms with E-state index >= 15 is 0 Å². The minimum Gasteiger partial charge on any atom is -0.468 e. The summed E-state index contributed by atoms with van der Waals surface area (Å²) in [4.78, 5) is 5.23. The first kappa shape index (κ1) is 14.1. The quantitative estimate of drug-likeness (QED) is 0.913. The van der Waals surface area contributed by atoms with E-state index in [1.165, 1.54) is 32.4 Å². The molecule has 0 aromatic carbocycles. The van der Waals surface area contributed by atoms with E-state index in [2.05, 4.69) is 28.1 Å². The number of rotatable bonds is 4. The zero-order valence-corrected chi connectivity index (χ0v) is 12.6. The highest BCUT2D eigenvalue weighted by Gasteiger charge is 2.30. The fourth-order valence-corrected chi connectivity index (χ4v) is 3.55. The van der Waals surface area contributed by atoms with Crippen molar-refractivity contribution in [3.8, 4) is 0 Å². The normalized spacial score (nSPS) is 27.6. The van der Waals surface area contributed by atoms with E-state index in [1.807, 2.05) is 12.3 Å². The van der Waals surface area contributed by atoms with Gasteiger partial charge in [0.15, 0.2) is 0 Å². The number of hydrogen-bond acceptors (Lipinski definition) is 4. The van der Waals surface area contributed by atoms with Crippen molar-refractivity contribution in [3.63, 3.8) is 0 Å². The van der Waals surface area contributed by atoms with Crippen LogP contribution in [0.15, 0.2) is 22.8 Å². The summed E-state index contributed by atoms with van der Waals surface area (Å²) in [5, 5.41) is 3.48. The number of piperazine rings is 1. The predicted octanol–water partition coefficient (Wildman–Crippen LogP) is 2.10. The summed E-state index contributed by atoms with van der Waals surface area (Å²) in [5.74, 6) is 1.13. The largest absolute Gasteiger partial charge is 0.468 e. The molecule has 4 nitrogen and oxygen atoms in total. The van der Waals surface area contributed by atoms with Crippen LogP contribution in [0.25, 0.3) is 0 Å². The fourth-order valence-electron chi connectivity index (χ4n) is 3.55. The Kier molecular flexibility index (Phi) is 4.76. The summed E-state index contributed by atoms with van der Waals surface area (Å²) in [6.45, 7) is 9.20. The van der Waals surface area contributed by atoms with Gasteiger partial charge in [0.05, 0.1) is 12.3 Å². The van der Waals surface area contributed by atoms with Crippen LogP contribution in [0.1, 0.15) is 38.0 Å². The highest BCUT2D eigenvalue weighted by atomic mass is 16.3. The average molecular weight is 277 g/mol. The molecule has 0 saturated carbocycles. The molecule has 0 radical (unpaired) electrons. The van der Waals surface area contributed by atoms with Gasteiger partial charge in [-0.15, -0.1) is 0 Å². The third-order valence-electron chi connectivity index (χ3n) is 4.70. The molecule has 2 aliphatic heterocycles. The van der Waals surface area contributed by atoms with Gasteiger partial charge in [0.25, 0.3) is 0 Å². The van der Waals surface area contributed by atoms with Gasteiger partial charge in [-0.3, -0.25) is 4.90 Å². The molecule has 20 heavy (non-hydrogen) atoms. The molecule has 1 N–H and O–H groups in total. The molecular weight excluding hydrogens is 250 g/mol. The van der Waals surface area contributed by atoms with Crippen molar-refractivity contribution >= 4 is 0 Å². The third-order valence-corrected chi connectivity index (χ3v) is 4.70. The van der Waals surface area contributed by atoms with Crippen LogP contribution in [-0.2, 0) is 0 Å². The Bertz CT molecular complexity index is 386. The molecule has 0 amide bonds. The van der Waals surface area contributed by atoms with E-state index in [9.17, 15) is 0 Å². The molecule has 1 aromatic rings. The van der Waals surface area contributed by atoms with Crippen LogP contribution in [0.5, 0.6) is 0 Å². The summed E-state index contributed by atoms with van der Waals surface area (Å²) in [6.07, 6.45) is 5.90. The summed E-state index contributed by atoms with van der Waals surface area (Å²) in [5.41, 5.74) is 0. The molecule has 0 aliphatic carbocycles. The van der Waals surface area contributed by atoms with Crippen molar-refractivity contribution in [2.24, 2.45) is 0 Å². The number of likely N-dealkylation sites (tertiary alicyclic amines) is 1. The van der Waals surface area contributed by atoms with E-state index < -0.39 is 0 Å². The zero-order chi connectivity index (χ0) is 13.8. The molecule has 2 saturated heterocycles. The molecule has 2 fully saturated rings. The smallest absolute Gasteiger partial charge is 0.122 e. The van der Waals surface area contributed by atoms with Crippen LogP contribution < -0.4 is 5.32 Å². The van der Waals surface area contributed by atoms with Gasteiger partial charge in [0.2, 0.25) is 0 Å². The van der Waals surface area contributed by atoms with Crippen LogP contribution in [-0.4, -0.2) is 55.1 Å². The average Bonchev–Trinajstić information content (AvgIpc) is 3.01. The Hall–Kier alpha value is -0.840. The lowest BCUT2D eigenvalue weighted by Crippen LogP contribution is -2.53. The van der Waals surface area contributed by atoms with Crippen LogP contribution >= 0.6 is 0 Å². The fraction of sp³-hybridized carbons (Fsp3) is 0.750. The topological polar surface area (TPSA) is 31.6 Å². The van der Waals surface area contributed by atoms with Crippen molar-refractivity contribution in [1.82, 2.24) is 15.1 Å². The van der Waals surface area contributed by atoms with Crippen molar-refractivity contribution in [2.75, 3.05) is 39.3 Å². The maximum Gasteiger partial charge on any atom is 0.122 e. The minimum absolute atomic E-state index is 0.403. The van der Waals surface area contributed by atoms with Gasteiger partial charge >= 0.3 is 0 Å². The van der Waals surface area contributed by atoms with Crippen LogP contribution in [0.4, 0.5) is 0 Å². The van der Waals surface area contributed by atoms with Gasteiger partial charge < -0.3 is 14.6 Å². The van der Waals surface area contributed by atoms with Gasteiger partial charge in [0.1, 0.15) is 5.76 Å². The summed E-state index contributed by atoms with van der Waals surface area (Å²) < 4.78 is 5.75. The summed E-state index contributed by atoms with van der Waals surface area (Å²) >= 11 is 0. The summed E-state index contributed by atoms with van der Waals surface area (Å²) in [6, 6.07) is 5.14. The molecular formula is C16H27N3O. The van der Waals surface area contributed by atoms with Gasteiger partial charge in [0, 0.05) is 32.2 Å². The molecule has 112 valence electrons. The first-order chi connectivity index (χ1) is 9.84. The number of furan rings is 1. The van der Waals surface area contributed by atoms with Crippen molar-refractivity contribution in [1.29, 1.82) is 0 Å². The van der Waals surface area contributed by atoms with E-state index in [4.69, 9.17) is 4.42 Å². The van der Waals surface area contributed by atoms with Crippen molar-refractivity contribution < 1.29 is 4.42 Å². The Morgan fingerprint density at radius 1 is 1.30 bits per heavy atom. The molecule has 1 aromatic heterocycles. The van der Waals surface area contributed by atoms with Gasteiger partial charge in [-0.05, 0) is 45.0 Å². The second kappa shape index (κ2) is 6.74. The van der Waals surface area contributed by atoms with E-state index in [0.29, 0.717) is 12.1 Å². The lowest BCUT2D eigenvalue weighted by Gasteiger charge is -2.41. The highest BCUT2D eigenvalue weighted by Crippen LogP contribution is 2.26. The van der Waals surface area contributed by atoms with Crippen molar-refractivity contribution in [3.05, 3.63) is 24.2 Å². The van der Waals surface area contributed by atoms with Crippen LogP contribution in [0.2, 0.25) is 0 Å². The van der Waals surface area contributed by atoms with Crippen molar-refractivity contribution in [2.45, 2.75) is 38.3 Å². The number of nitrogens with zero attached hydrogens (tertiary/aromatic N) is 2. The minimum atomic E-state index is 0.403. The van der Waals surface area contributed by atoms with Gasteiger partial charge in [-0.1, -0.05) is 6.42 Å². The third kappa shape index (κ3) is 3.25. The molecule has 2 atom stereocenters. The lowest BCUT2D eigenvalue weighted by molar-refractivity contribution is 0.0663. The van der Waals surface area contributed by atoms with E-state index in [0.717, 1.165) is 31.9 Å². The van der Waals surface area contributed by atoms with E-state index in [1.54, 1.807) is 0 Å². The van der Waals surface area contributed by atoms with E-state index in [-0.39, 0.29) is 0 Å². The van der Waals surface area contributed by atoms with Gasteiger partial charge in [-0.2, -0.15) is 0 Å².